The van der Waals surface area contributed by atoms with E-state index in [4.69, 9.17) is 0 Å². The number of rotatable bonds is 1. The molecule has 1 atom stereocenters. The maximum atomic E-state index is 11.5. The van der Waals surface area contributed by atoms with E-state index >= 15 is 0 Å². The zero-order chi connectivity index (χ0) is 13.1. The number of H-pyrrole nitrogens is 1. The number of nitrogens with one attached hydrogen (secondary N) is 1. The monoisotopic (exact) mass is 247 g/mol. The molecular formula is C14H21N3O. The summed E-state index contributed by atoms with van der Waals surface area (Å²) in [5.74, 6) is 1.43. The van der Waals surface area contributed by atoms with E-state index in [0.29, 0.717) is 6.42 Å². The van der Waals surface area contributed by atoms with Gasteiger partial charge in [-0.15, -0.1) is 0 Å². The van der Waals surface area contributed by atoms with Gasteiger partial charge in [-0.1, -0.05) is 26.0 Å². The van der Waals surface area contributed by atoms with Gasteiger partial charge in [0.2, 0.25) is 5.91 Å². The van der Waals surface area contributed by atoms with E-state index in [2.05, 4.69) is 22.1 Å². The average molecular weight is 247 g/mol. The van der Waals surface area contributed by atoms with Crippen LogP contribution in [0.1, 0.15) is 44.9 Å². The van der Waals surface area contributed by atoms with E-state index in [9.17, 15) is 4.79 Å². The van der Waals surface area contributed by atoms with Crippen LogP contribution in [0.2, 0.25) is 0 Å². The first-order valence-corrected chi connectivity index (χ1v) is 6.74. The summed E-state index contributed by atoms with van der Waals surface area (Å²) in [5, 5.41) is 2.19. The molecule has 0 saturated carbocycles. The summed E-state index contributed by atoms with van der Waals surface area (Å²) in [4.78, 5) is 21.2. The van der Waals surface area contributed by atoms with Crippen molar-refractivity contribution < 1.29 is 4.79 Å². The number of likely N-dealkylation sites (N-methyl/N-ethyl adjacent to an activating group) is 1. The predicted octanol–water partition coefficient (Wildman–Crippen LogP) is 0.736. The van der Waals surface area contributed by atoms with Crippen molar-refractivity contribution in [1.29, 1.82) is 0 Å². The van der Waals surface area contributed by atoms with Crippen LogP contribution in [-0.4, -0.2) is 34.4 Å². The standard InChI is InChI=1S/C12H15N3O.C2H6/c1-15-7-8(6-11(15)16)12-13-9-4-2-3-5-10(9)14-12;1-2/h4-5,8H,2-3,6-7H2,1H3,(H,13,14);1-2H3. The number of imidazole rings is 1. The Bertz CT molecular complexity index is 510. The molecule has 1 fully saturated rings. The van der Waals surface area contributed by atoms with E-state index in [0.717, 1.165) is 35.9 Å². The Balaban J connectivity index is 0.000000574. The third-order valence-corrected chi connectivity index (χ3v) is 3.36. The topological polar surface area (TPSA) is 49.0 Å². The molecule has 1 aliphatic carbocycles. The highest BCUT2D eigenvalue weighted by Crippen LogP contribution is 2.23. The minimum Gasteiger partial charge on any atom is -0.345 e. The number of fused-ring (bicyclic) bond motifs is 1. The molecule has 0 radical (unpaired) electrons. The van der Waals surface area contributed by atoms with Crippen LogP contribution in [-0.2, 0) is 4.79 Å². The van der Waals surface area contributed by atoms with Crippen molar-refractivity contribution in [3.63, 3.8) is 0 Å². The van der Waals surface area contributed by atoms with Crippen LogP contribution in [0.5, 0.6) is 0 Å². The molecule has 4 nitrogen and oxygen atoms in total. The molecule has 1 aliphatic heterocycles. The summed E-state index contributed by atoms with van der Waals surface area (Å²) in [6.45, 7) is 4.78. The molecule has 1 N–H and O–H groups in total. The van der Waals surface area contributed by atoms with Gasteiger partial charge < -0.3 is 9.88 Å². The van der Waals surface area contributed by atoms with Gasteiger partial charge in [0.1, 0.15) is 5.82 Å². The summed E-state index contributed by atoms with van der Waals surface area (Å²) < 4.78 is 0. The van der Waals surface area contributed by atoms with Crippen LogP contribution in [0.15, 0.2) is 0 Å². The molecule has 18 heavy (non-hydrogen) atoms. The number of amides is 1. The zero-order valence-electron chi connectivity index (χ0n) is 11.4. The van der Waals surface area contributed by atoms with Gasteiger partial charge in [0.25, 0.3) is 0 Å². The fourth-order valence-electron chi connectivity index (χ4n) is 2.42. The van der Waals surface area contributed by atoms with Crippen molar-refractivity contribution in [1.82, 2.24) is 14.9 Å². The molecule has 4 heteroatoms. The summed E-state index contributed by atoms with van der Waals surface area (Å²) in [6.07, 6.45) is 7.09. The number of aromatic nitrogens is 2. The van der Waals surface area contributed by atoms with Gasteiger partial charge in [-0.05, 0) is 12.8 Å². The smallest absolute Gasteiger partial charge is 0.223 e. The normalized spacial score (nSPS) is 21.6. The minimum atomic E-state index is 0.215. The second kappa shape index (κ2) is 5.38. The summed E-state index contributed by atoms with van der Waals surface area (Å²) in [7, 11) is 1.85. The Kier molecular flexibility index (Phi) is 3.84. The quantitative estimate of drug-likeness (QED) is 0.795. The van der Waals surface area contributed by atoms with Crippen molar-refractivity contribution >= 4 is 18.1 Å². The number of hydrogen-bond donors (Lipinski definition) is 1. The Hall–Kier alpha value is -1.58. The van der Waals surface area contributed by atoms with Crippen molar-refractivity contribution in [3.8, 4) is 0 Å². The minimum absolute atomic E-state index is 0.215. The SMILES string of the molecule is CC.CN1CC(c2nc3c([nH]2)=CCCC=3)CC1=O. The molecule has 1 unspecified atom stereocenters. The maximum absolute atomic E-state index is 11.5. The third kappa shape index (κ3) is 2.33. The van der Waals surface area contributed by atoms with E-state index < -0.39 is 0 Å². The molecular weight excluding hydrogens is 226 g/mol. The van der Waals surface area contributed by atoms with Gasteiger partial charge >= 0.3 is 0 Å². The molecule has 0 aromatic carbocycles. The number of carbonyl (C=O) groups is 1. The lowest BCUT2D eigenvalue weighted by Gasteiger charge is -2.07. The van der Waals surface area contributed by atoms with Crippen LogP contribution < -0.4 is 10.7 Å². The van der Waals surface area contributed by atoms with Gasteiger partial charge in [-0.25, -0.2) is 4.98 Å². The first-order valence-electron chi connectivity index (χ1n) is 6.74. The molecule has 3 rings (SSSR count). The highest BCUT2D eigenvalue weighted by Gasteiger charge is 2.29. The Labute approximate surface area is 107 Å². The van der Waals surface area contributed by atoms with Crippen molar-refractivity contribution in [3.05, 3.63) is 16.5 Å². The number of likely N-dealkylation sites (tertiary alicyclic amines) is 1. The fourth-order valence-corrected chi connectivity index (χ4v) is 2.42. The number of nitrogens with zero attached hydrogens (tertiary/aromatic N) is 2. The van der Waals surface area contributed by atoms with Gasteiger partial charge in [-0.3, -0.25) is 4.79 Å². The van der Waals surface area contributed by atoms with E-state index in [1.54, 1.807) is 4.90 Å². The largest absolute Gasteiger partial charge is 0.345 e. The van der Waals surface area contributed by atoms with Crippen LogP contribution in [0, 0.1) is 0 Å². The Morgan fingerprint density at radius 3 is 2.67 bits per heavy atom. The van der Waals surface area contributed by atoms with E-state index in [1.165, 1.54) is 0 Å². The van der Waals surface area contributed by atoms with Crippen molar-refractivity contribution in [2.75, 3.05) is 13.6 Å². The molecule has 0 bridgehead atoms. The Morgan fingerprint density at radius 1 is 1.33 bits per heavy atom. The zero-order valence-corrected chi connectivity index (χ0v) is 11.4. The summed E-state index contributed by atoms with van der Waals surface area (Å²) in [5.41, 5.74) is 0. The van der Waals surface area contributed by atoms with Crippen LogP contribution in [0.4, 0.5) is 0 Å². The second-order valence-corrected chi connectivity index (χ2v) is 4.58. The van der Waals surface area contributed by atoms with Gasteiger partial charge in [0, 0.05) is 25.9 Å². The van der Waals surface area contributed by atoms with E-state index in [-0.39, 0.29) is 11.8 Å². The van der Waals surface area contributed by atoms with Crippen molar-refractivity contribution in [2.45, 2.75) is 39.0 Å². The first kappa shape index (κ1) is 12.9. The van der Waals surface area contributed by atoms with Gasteiger partial charge in [0.05, 0.1) is 10.7 Å². The maximum Gasteiger partial charge on any atom is 0.223 e. The summed E-state index contributed by atoms with van der Waals surface area (Å²) >= 11 is 0. The summed E-state index contributed by atoms with van der Waals surface area (Å²) in [6, 6.07) is 0. The second-order valence-electron chi connectivity index (χ2n) is 4.58. The number of hydrogen-bond acceptors (Lipinski definition) is 2. The average Bonchev–Trinajstić information content (AvgIpc) is 2.96. The lowest BCUT2D eigenvalue weighted by Crippen LogP contribution is -2.26. The lowest BCUT2D eigenvalue weighted by molar-refractivity contribution is -0.126. The highest BCUT2D eigenvalue weighted by molar-refractivity contribution is 5.79. The molecule has 1 saturated heterocycles. The van der Waals surface area contributed by atoms with Gasteiger partial charge in [-0.2, -0.15) is 0 Å². The first-order chi connectivity index (χ1) is 8.74. The molecule has 2 heterocycles. The van der Waals surface area contributed by atoms with E-state index in [1.807, 2.05) is 20.9 Å². The molecule has 0 spiro atoms. The number of aromatic amines is 1. The molecule has 2 aliphatic rings. The van der Waals surface area contributed by atoms with Crippen LogP contribution >= 0.6 is 0 Å². The van der Waals surface area contributed by atoms with Gasteiger partial charge in [0.15, 0.2) is 0 Å². The molecule has 1 amide bonds. The predicted molar refractivity (Wildman–Crippen MR) is 72.3 cm³/mol. The molecule has 1 aromatic rings. The number of carbonyl (C=O) groups excluding carboxylic acids is 1. The molecule has 1 aromatic heterocycles. The van der Waals surface area contributed by atoms with Crippen LogP contribution in [0.3, 0.4) is 0 Å². The molecule has 98 valence electrons. The van der Waals surface area contributed by atoms with Crippen LogP contribution in [0.25, 0.3) is 12.2 Å². The highest BCUT2D eigenvalue weighted by atomic mass is 16.2. The third-order valence-electron chi connectivity index (χ3n) is 3.36. The lowest BCUT2D eigenvalue weighted by atomic mass is 10.1. The van der Waals surface area contributed by atoms with Crippen molar-refractivity contribution in [2.24, 2.45) is 0 Å². The fraction of sp³-hybridized carbons (Fsp3) is 0.571. The Morgan fingerprint density at radius 2 is 2.06 bits per heavy atom.